The quantitative estimate of drug-likeness (QED) is 0.562. The molecule has 6 nitrogen and oxygen atoms in total. The standard InChI is InChI=1S/C18H17N3O3S/c1-12-7-8-21-10-15(20-16(21)9-12)18(23)24-11-17(22)19-13-3-5-14(25-2)6-4-13/h3-10H,11H2,1-2H3,(H,19,22). The van der Waals surface area contributed by atoms with Crippen molar-refractivity contribution in [3.8, 4) is 0 Å². The van der Waals surface area contributed by atoms with Gasteiger partial charge in [-0.3, -0.25) is 4.79 Å². The number of imidazole rings is 1. The van der Waals surface area contributed by atoms with Crippen LogP contribution >= 0.6 is 11.8 Å². The van der Waals surface area contributed by atoms with E-state index in [4.69, 9.17) is 4.74 Å². The molecule has 0 saturated carbocycles. The number of carbonyl (C=O) groups excluding carboxylic acids is 2. The molecule has 0 spiro atoms. The van der Waals surface area contributed by atoms with Crippen LogP contribution in [0.3, 0.4) is 0 Å². The Balaban J connectivity index is 1.57. The number of fused-ring (bicyclic) bond motifs is 1. The van der Waals surface area contributed by atoms with Crippen LogP contribution in [0.1, 0.15) is 16.1 Å². The SMILES string of the molecule is CSc1ccc(NC(=O)COC(=O)c2cn3ccc(C)cc3n2)cc1. The summed E-state index contributed by atoms with van der Waals surface area (Å²) in [5, 5.41) is 2.68. The number of anilines is 1. The Morgan fingerprint density at radius 1 is 1.24 bits per heavy atom. The van der Waals surface area contributed by atoms with Gasteiger partial charge in [0.05, 0.1) is 0 Å². The van der Waals surface area contributed by atoms with E-state index in [-0.39, 0.29) is 12.3 Å². The Bertz CT molecular complexity index is 919. The van der Waals surface area contributed by atoms with Crippen molar-refractivity contribution >= 4 is 35.0 Å². The molecule has 7 heteroatoms. The van der Waals surface area contributed by atoms with Gasteiger partial charge in [0, 0.05) is 23.0 Å². The minimum atomic E-state index is -0.630. The van der Waals surface area contributed by atoms with Crippen LogP contribution in [0.15, 0.2) is 53.7 Å². The molecule has 0 aliphatic carbocycles. The lowest BCUT2D eigenvalue weighted by molar-refractivity contribution is -0.119. The number of hydrogen-bond donors (Lipinski definition) is 1. The number of nitrogens with zero attached hydrogens (tertiary/aromatic N) is 2. The zero-order valence-corrected chi connectivity index (χ0v) is 14.7. The van der Waals surface area contributed by atoms with Crippen LogP contribution in [-0.4, -0.2) is 34.1 Å². The summed E-state index contributed by atoms with van der Waals surface area (Å²) in [6, 6.07) is 11.2. The smallest absolute Gasteiger partial charge is 0.359 e. The first kappa shape index (κ1) is 17.0. The number of thioether (sulfide) groups is 1. The van der Waals surface area contributed by atoms with Gasteiger partial charge in [-0.1, -0.05) is 0 Å². The number of aryl methyl sites for hydroxylation is 1. The van der Waals surface area contributed by atoms with Crippen LogP contribution in [0.2, 0.25) is 0 Å². The van der Waals surface area contributed by atoms with Crippen LogP contribution < -0.4 is 5.32 Å². The third kappa shape index (κ3) is 4.19. The van der Waals surface area contributed by atoms with Gasteiger partial charge in [-0.2, -0.15) is 0 Å². The molecular weight excluding hydrogens is 338 g/mol. The minimum absolute atomic E-state index is 0.169. The first-order valence-electron chi connectivity index (χ1n) is 7.61. The molecule has 0 bridgehead atoms. The maximum atomic E-state index is 12.1. The van der Waals surface area contributed by atoms with Crippen LogP contribution in [0.25, 0.3) is 5.65 Å². The Labute approximate surface area is 149 Å². The van der Waals surface area contributed by atoms with Gasteiger partial charge in [-0.25, -0.2) is 9.78 Å². The largest absolute Gasteiger partial charge is 0.451 e. The highest BCUT2D eigenvalue weighted by Crippen LogP contribution is 2.17. The van der Waals surface area contributed by atoms with Gasteiger partial charge in [0.1, 0.15) is 5.65 Å². The van der Waals surface area contributed by atoms with E-state index in [1.807, 2.05) is 43.6 Å². The molecule has 3 aromatic rings. The number of hydrogen-bond acceptors (Lipinski definition) is 5. The van der Waals surface area contributed by atoms with E-state index in [1.165, 1.54) is 0 Å². The fourth-order valence-electron chi connectivity index (χ4n) is 2.26. The molecule has 3 rings (SSSR count). The summed E-state index contributed by atoms with van der Waals surface area (Å²) < 4.78 is 6.77. The van der Waals surface area contributed by atoms with Crippen molar-refractivity contribution < 1.29 is 14.3 Å². The fourth-order valence-corrected chi connectivity index (χ4v) is 2.67. The molecule has 0 saturated heterocycles. The van der Waals surface area contributed by atoms with Crippen molar-refractivity contribution in [2.45, 2.75) is 11.8 Å². The second-order valence-corrected chi connectivity index (χ2v) is 6.33. The number of nitrogens with one attached hydrogen (secondary N) is 1. The van der Waals surface area contributed by atoms with E-state index < -0.39 is 11.9 Å². The fraction of sp³-hybridized carbons (Fsp3) is 0.167. The summed E-state index contributed by atoms with van der Waals surface area (Å²) in [6.07, 6.45) is 5.38. The number of pyridine rings is 1. The minimum Gasteiger partial charge on any atom is -0.451 e. The van der Waals surface area contributed by atoms with Crippen LogP contribution in [0.4, 0.5) is 5.69 Å². The van der Waals surface area contributed by atoms with E-state index in [0.717, 1.165) is 10.5 Å². The maximum absolute atomic E-state index is 12.1. The summed E-state index contributed by atoms with van der Waals surface area (Å²) in [5.74, 6) is -1.03. The molecule has 0 unspecified atom stereocenters. The predicted octanol–water partition coefficient (Wildman–Crippen LogP) is 3.16. The number of esters is 1. The molecule has 0 aliphatic rings. The second-order valence-electron chi connectivity index (χ2n) is 5.45. The van der Waals surface area contributed by atoms with Gasteiger partial charge in [0.2, 0.25) is 0 Å². The average Bonchev–Trinajstić information content (AvgIpc) is 3.03. The van der Waals surface area contributed by atoms with Gasteiger partial charge in [-0.05, 0) is 55.1 Å². The third-order valence-electron chi connectivity index (χ3n) is 3.53. The summed E-state index contributed by atoms with van der Waals surface area (Å²) >= 11 is 1.62. The topological polar surface area (TPSA) is 72.7 Å². The molecule has 25 heavy (non-hydrogen) atoms. The number of aromatic nitrogens is 2. The van der Waals surface area contributed by atoms with E-state index in [9.17, 15) is 9.59 Å². The molecule has 0 aliphatic heterocycles. The summed E-state index contributed by atoms with van der Waals surface area (Å²) in [7, 11) is 0. The molecule has 0 radical (unpaired) electrons. The van der Waals surface area contributed by atoms with Crippen molar-refractivity contribution in [3.63, 3.8) is 0 Å². The van der Waals surface area contributed by atoms with Gasteiger partial charge in [0.25, 0.3) is 5.91 Å². The van der Waals surface area contributed by atoms with E-state index in [2.05, 4.69) is 10.3 Å². The molecule has 2 heterocycles. The monoisotopic (exact) mass is 355 g/mol. The van der Waals surface area contributed by atoms with E-state index >= 15 is 0 Å². The Morgan fingerprint density at radius 2 is 2.00 bits per heavy atom. The number of carbonyl (C=O) groups is 2. The highest BCUT2D eigenvalue weighted by molar-refractivity contribution is 7.98. The zero-order valence-electron chi connectivity index (χ0n) is 13.9. The van der Waals surface area contributed by atoms with Crippen molar-refractivity contribution in [3.05, 3.63) is 60.0 Å². The lowest BCUT2D eigenvalue weighted by atomic mass is 10.3. The van der Waals surface area contributed by atoms with Gasteiger partial charge in [-0.15, -0.1) is 11.8 Å². The molecular formula is C18H17N3O3S. The Kier molecular flexibility index (Phi) is 5.04. The second kappa shape index (κ2) is 7.40. The normalized spacial score (nSPS) is 10.6. The number of benzene rings is 1. The van der Waals surface area contributed by atoms with Crippen molar-refractivity contribution in [2.24, 2.45) is 0 Å². The molecule has 1 aromatic carbocycles. The summed E-state index contributed by atoms with van der Waals surface area (Å²) in [6.45, 7) is 1.58. The predicted molar refractivity (Wildman–Crippen MR) is 97.1 cm³/mol. The lowest BCUT2D eigenvalue weighted by Crippen LogP contribution is -2.21. The van der Waals surface area contributed by atoms with Crippen LogP contribution in [0.5, 0.6) is 0 Å². The Morgan fingerprint density at radius 3 is 2.72 bits per heavy atom. The van der Waals surface area contributed by atoms with Crippen LogP contribution in [0, 0.1) is 6.92 Å². The van der Waals surface area contributed by atoms with Crippen molar-refractivity contribution in [1.82, 2.24) is 9.38 Å². The zero-order chi connectivity index (χ0) is 17.8. The highest BCUT2D eigenvalue weighted by atomic mass is 32.2. The molecule has 1 N–H and O–H groups in total. The Hall–Kier alpha value is -2.80. The molecule has 128 valence electrons. The first-order chi connectivity index (χ1) is 12.0. The van der Waals surface area contributed by atoms with E-state index in [0.29, 0.717) is 11.3 Å². The average molecular weight is 355 g/mol. The third-order valence-corrected chi connectivity index (χ3v) is 4.28. The van der Waals surface area contributed by atoms with Crippen molar-refractivity contribution in [1.29, 1.82) is 0 Å². The van der Waals surface area contributed by atoms with Gasteiger partial charge in [0.15, 0.2) is 12.3 Å². The number of ether oxygens (including phenoxy) is 1. The molecule has 1 amide bonds. The van der Waals surface area contributed by atoms with Crippen LogP contribution in [-0.2, 0) is 9.53 Å². The summed E-state index contributed by atoms with van der Waals surface area (Å²) in [4.78, 5) is 29.3. The maximum Gasteiger partial charge on any atom is 0.359 e. The highest BCUT2D eigenvalue weighted by Gasteiger charge is 2.14. The molecule has 0 fully saturated rings. The number of amides is 1. The first-order valence-corrected chi connectivity index (χ1v) is 8.84. The van der Waals surface area contributed by atoms with Gasteiger partial charge >= 0.3 is 5.97 Å². The summed E-state index contributed by atoms with van der Waals surface area (Å²) in [5.41, 5.74) is 2.53. The van der Waals surface area contributed by atoms with Crippen molar-refractivity contribution in [2.75, 3.05) is 18.2 Å². The van der Waals surface area contributed by atoms with E-state index in [1.54, 1.807) is 34.5 Å². The lowest BCUT2D eigenvalue weighted by Gasteiger charge is -2.06. The molecule has 0 atom stereocenters. The van der Waals surface area contributed by atoms with Gasteiger partial charge < -0.3 is 14.5 Å². The molecule has 2 aromatic heterocycles. The number of rotatable bonds is 5.